The minimum atomic E-state index is -4.31. The van der Waals surface area contributed by atoms with Crippen LogP contribution in [0.3, 0.4) is 0 Å². The van der Waals surface area contributed by atoms with Gasteiger partial charge in [-0.3, -0.25) is 0 Å². The maximum Gasteiger partial charge on any atom is 0.389 e. The molecule has 9 heteroatoms. The van der Waals surface area contributed by atoms with E-state index in [2.05, 4.69) is 10.0 Å². The van der Waals surface area contributed by atoms with Crippen LogP contribution in [0.2, 0.25) is 0 Å². The Labute approximate surface area is 105 Å². The molecule has 110 valence electrons. The van der Waals surface area contributed by atoms with Gasteiger partial charge in [0.15, 0.2) is 0 Å². The van der Waals surface area contributed by atoms with Crippen molar-refractivity contribution in [1.29, 1.82) is 0 Å². The van der Waals surface area contributed by atoms with E-state index in [0.717, 1.165) is 0 Å². The van der Waals surface area contributed by atoms with E-state index in [9.17, 15) is 21.6 Å². The Balaban J connectivity index is 3.62. The van der Waals surface area contributed by atoms with Gasteiger partial charge in [-0.15, -0.1) is 0 Å². The average molecular weight is 292 g/mol. The predicted octanol–water partition coefficient (Wildman–Crippen LogP) is 0.484. The summed E-state index contributed by atoms with van der Waals surface area (Å²) in [5.41, 5.74) is 0. The predicted molar refractivity (Wildman–Crippen MR) is 61.8 cm³/mol. The van der Waals surface area contributed by atoms with Gasteiger partial charge in [0.1, 0.15) is 0 Å². The molecule has 0 aromatic rings. The highest BCUT2D eigenvalue weighted by Crippen LogP contribution is 2.21. The molecule has 5 nitrogen and oxygen atoms in total. The first-order valence-electron chi connectivity index (χ1n) is 5.50. The Morgan fingerprint density at radius 3 is 2.39 bits per heavy atom. The van der Waals surface area contributed by atoms with Crippen LogP contribution < -0.4 is 10.0 Å². The van der Waals surface area contributed by atoms with Gasteiger partial charge >= 0.3 is 6.18 Å². The largest absolute Gasteiger partial charge is 0.389 e. The van der Waals surface area contributed by atoms with E-state index in [1.807, 2.05) is 0 Å². The number of nitrogens with one attached hydrogen (secondary N) is 2. The van der Waals surface area contributed by atoms with Gasteiger partial charge in [-0.1, -0.05) is 0 Å². The van der Waals surface area contributed by atoms with Crippen molar-refractivity contribution in [3.8, 4) is 0 Å². The molecule has 0 spiro atoms. The van der Waals surface area contributed by atoms with E-state index in [1.165, 1.54) is 0 Å². The van der Waals surface area contributed by atoms with Crippen LogP contribution in [0.25, 0.3) is 0 Å². The lowest BCUT2D eigenvalue weighted by molar-refractivity contribution is -0.134. The Morgan fingerprint density at radius 2 is 1.83 bits per heavy atom. The van der Waals surface area contributed by atoms with E-state index < -0.39 is 34.8 Å². The molecule has 0 fully saturated rings. The minimum Gasteiger partial charge on any atom is -0.383 e. The highest BCUT2D eigenvalue weighted by atomic mass is 32.2. The van der Waals surface area contributed by atoms with E-state index in [-0.39, 0.29) is 6.54 Å². The van der Waals surface area contributed by atoms with Gasteiger partial charge in [0.25, 0.3) is 0 Å². The smallest absolute Gasteiger partial charge is 0.383 e. The van der Waals surface area contributed by atoms with Crippen LogP contribution in [-0.2, 0) is 14.8 Å². The van der Waals surface area contributed by atoms with Crippen molar-refractivity contribution in [3.05, 3.63) is 0 Å². The Kier molecular flexibility index (Phi) is 8.49. The van der Waals surface area contributed by atoms with Crippen molar-refractivity contribution in [2.24, 2.45) is 0 Å². The molecule has 0 bridgehead atoms. The molecule has 0 saturated heterocycles. The van der Waals surface area contributed by atoms with Crippen LogP contribution in [-0.4, -0.2) is 53.7 Å². The fourth-order valence-corrected chi connectivity index (χ4v) is 2.21. The third-order valence-corrected chi connectivity index (χ3v) is 3.45. The van der Waals surface area contributed by atoms with Crippen molar-refractivity contribution in [2.45, 2.75) is 19.0 Å². The summed E-state index contributed by atoms with van der Waals surface area (Å²) in [6.45, 7) is 1.66. The fourth-order valence-electron chi connectivity index (χ4n) is 1.13. The highest BCUT2D eigenvalue weighted by molar-refractivity contribution is 7.89. The van der Waals surface area contributed by atoms with Crippen LogP contribution >= 0.6 is 0 Å². The Morgan fingerprint density at radius 1 is 1.17 bits per heavy atom. The van der Waals surface area contributed by atoms with Gasteiger partial charge in [-0.25, -0.2) is 13.1 Å². The Bertz CT molecular complexity index is 307. The number of alkyl halides is 3. The van der Waals surface area contributed by atoms with E-state index >= 15 is 0 Å². The van der Waals surface area contributed by atoms with E-state index in [4.69, 9.17) is 4.74 Å². The van der Waals surface area contributed by atoms with Crippen LogP contribution in [0.5, 0.6) is 0 Å². The minimum absolute atomic E-state index is 0.151. The molecule has 0 saturated carbocycles. The van der Waals surface area contributed by atoms with Crippen molar-refractivity contribution < 1.29 is 26.3 Å². The quantitative estimate of drug-likeness (QED) is 0.575. The molecule has 0 amide bonds. The summed E-state index contributed by atoms with van der Waals surface area (Å²) in [6.07, 6.45) is -5.81. The fraction of sp³-hybridized carbons (Fsp3) is 1.00. The highest BCUT2D eigenvalue weighted by Gasteiger charge is 2.27. The topological polar surface area (TPSA) is 67.4 Å². The summed E-state index contributed by atoms with van der Waals surface area (Å²) < 4.78 is 65.0. The number of rotatable bonds is 10. The first-order valence-corrected chi connectivity index (χ1v) is 7.16. The second-order valence-electron chi connectivity index (χ2n) is 3.67. The zero-order valence-electron chi connectivity index (χ0n) is 10.2. The normalized spacial score (nSPS) is 12.9. The van der Waals surface area contributed by atoms with Gasteiger partial charge in [0, 0.05) is 33.2 Å². The zero-order valence-corrected chi connectivity index (χ0v) is 11.0. The summed E-state index contributed by atoms with van der Waals surface area (Å²) in [5, 5.41) is 2.91. The second kappa shape index (κ2) is 8.68. The third kappa shape index (κ3) is 12.1. The molecule has 0 aliphatic rings. The molecule has 2 N–H and O–H groups in total. The number of sulfonamides is 1. The molecular formula is C9H19F3N2O3S. The number of methoxy groups -OCH3 is 1. The zero-order chi connectivity index (χ0) is 14.1. The van der Waals surface area contributed by atoms with Gasteiger partial charge in [-0.2, -0.15) is 13.2 Å². The Hall–Kier alpha value is -0.380. The first kappa shape index (κ1) is 17.6. The van der Waals surface area contributed by atoms with Crippen LogP contribution in [0.15, 0.2) is 0 Å². The molecule has 0 unspecified atom stereocenters. The molecule has 0 radical (unpaired) electrons. The summed E-state index contributed by atoms with van der Waals surface area (Å²) in [6, 6.07) is 0. The molecule has 0 aliphatic heterocycles. The standard InChI is InChI=1S/C9H19F3N2O3S/c1-17-7-6-13-4-5-14-18(15,16)8-2-3-9(10,11)12/h13-14H,2-8H2,1H3. The summed E-state index contributed by atoms with van der Waals surface area (Å²) >= 11 is 0. The van der Waals surface area contributed by atoms with Crippen LogP contribution in [0, 0.1) is 0 Å². The van der Waals surface area contributed by atoms with Crippen molar-refractivity contribution in [1.82, 2.24) is 10.0 Å². The number of ether oxygens (including phenoxy) is 1. The average Bonchev–Trinajstić information content (AvgIpc) is 2.21. The van der Waals surface area contributed by atoms with Crippen molar-refractivity contribution in [3.63, 3.8) is 0 Å². The molecular weight excluding hydrogens is 273 g/mol. The molecule has 0 aromatic carbocycles. The molecule has 18 heavy (non-hydrogen) atoms. The van der Waals surface area contributed by atoms with Crippen molar-refractivity contribution in [2.75, 3.05) is 39.1 Å². The van der Waals surface area contributed by atoms with Gasteiger partial charge in [0.05, 0.1) is 12.4 Å². The van der Waals surface area contributed by atoms with Gasteiger partial charge < -0.3 is 10.1 Å². The molecule has 0 atom stereocenters. The molecule has 0 aliphatic carbocycles. The number of hydrogen-bond acceptors (Lipinski definition) is 4. The molecule has 0 aromatic heterocycles. The monoisotopic (exact) mass is 292 g/mol. The number of halogens is 3. The van der Waals surface area contributed by atoms with Crippen molar-refractivity contribution >= 4 is 10.0 Å². The lowest BCUT2D eigenvalue weighted by Gasteiger charge is -2.08. The van der Waals surface area contributed by atoms with Crippen LogP contribution in [0.1, 0.15) is 12.8 Å². The van der Waals surface area contributed by atoms with E-state index in [1.54, 1.807) is 7.11 Å². The van der Waals surface area contributed by atoms with E-state index in [0.29, 0.717) is 19.7 Å². The summed E-state index contributed by atoms with van der Waals surface area (Å²) in [5.74, 6) is -0.509. The molecule has 0 heterocycles. The van der Waals surface area contributed by atoms with Gasteiger partial charge in [0.2, 0.25) is 10.0 Å². The lowest BCUT2D eigenvalue weighted by Crippen LogP contribution is -2.34. The SMILES string of the molecule is COCCNCCNS(=O)(=O)CCCC(F)(F)F. The maximum absolute atomic E-state index is 11.8. The molecule has 0 rings (SSSR count). The van der Waals surface area contributed by atoms with Gasteiger partial charge in [-0.05, 0) is 6.42 Å². The first-order chi connectivity index (χ1) is 8.27. The third-order valence-electron chi connectivity index (χ3n) is 1.98. The summed E-state index contributed by atoms with van der Waals surface area (Å²) in [7, 11) is -2.07. The maximum atomic E-state index is 11.8. The number of hydrogen-bond donors (Lipinski definition) is 2. The lowest BCUT2D eigenvalue weighted by atomic mass is 10.3. The summed E-state index contributed by atoms with van der Waals surface area (Å²) in [4.78, 5) is 0. The van der Waals surface area contributed by atoms with Crippen LogP contribution in [0.4, 0.5) is 13.2 Å². The second-order valence-corrected chi connectivity index (χ2v) is 5.60.